The van der Waals surface area contributed by atoms with E-state index in [0.717, 1.165) is 31.9 Å². The Morgan fingerprint density at radius 3 is 0.989 bits per heavy atom. The number of esters is 5. The summed E-state index contributed by atoms with van der Waals surface area (Å²) in [6, 6.07) is 47.6. The van der Waals surface area contributed by atoms with Gasteiger partial charge in [0.15, 0.2) is 0 Å². The molecule has 0 aliphatic heterocycles. The zero-order valence-electron chi connectivity index (χ0n) is 59.8. The maximum atomic E-state index is 12.1. The Labute approximate surface area is 564 Å². The van der Waals surface area contributed by atoms with Crippen LogP contribution in [0.4, 0.5) is 0 Å². The van der Waals surface area contributed by atoms with Crippen LogP contribution >= 0.6 is 0 Å². The van der Waals surface area contributed by atoms with Gasteiger partial charge in [-0.3, -0.25) is 9.59 Å². The summed E-state index contributed by atoms with van der Waals surface area (Å²) in [6.45, 7) is 36.0. The lowest BCUT2D eigenvalue weighted by molar-refractivity contribution is -0.264. The number of ether oxygens (including phenoxy) is 8. The molecular formula is C74H110N4O17. The van der Waals surface area contributed by atoms with Gasteiger partial charge in [-0.15, -0.1) is 0 Å². The van der Waals surface area contributed by atoms with Crippen LogP contribution in [0.3, 0.4) is 0 Å². The molecule has 5 aromatic rings. The first-order valence-electron chi connectivity index (χ1n) is 32.0. The van der Waals surface area contributed by atoms with E-state index >= 15 is 0 Å². The van der Waals surface area contributed by atoms with Gasteiger partial charge in [0.2, 0.25) is 0 Å². The lowest BCUT2D eigenvalue weighted by atomic mass is 9.84. The smallest absolute Gasteiger partial charge is 0.338 e. The number of hydrogen-bond donors (Lipinski definition) is 4. The Kier molecular flexibility index (Phi) is 34.8. The summed E-state index contributed by atoms with van der Waals surface area (Å²) in [4.78, 5) is 57.6. The van der Waals surface area contributed by atoms with E-state index in [2.05, 4.69) is 19.1 Å². The van der Waals surface area contributed by atoms with Gasteiger partial charge < -0.3 is 58.7 Å². The van der Waals surface area contributed by atoms with E-state index in [0.29, 0.717) is 63.8 Å². The molecule has 5 rings (SSSR count). The minimum Gasteiger partial charge on any atom is -0.465 e. The van der Waals surface area contributed by atoms with Crippen LogP contribution < -0.4 is 0 Å². The van der Waals surface area contributed by atoms with E-state index in [1.165, 1.54) is 18.9 Å². The Morgan fingerprint density at radius 1 is 0.347 bits per heavy atom. The SMILES string of the molecule is CC(=O)OCC(C)(C)N(O)C(C)(C)COC(C)=O.CC(C)(COC(=O)c1ccccc1)N(O)C(C)(C)COC(=O)c1ccccc1.CCC(COCc1ccccc1)(c1ccccc1)N(O)C(C)(C)COCc1ccccc1.CCOCC(C)(C)N(O)C(C)(C)C(=O)OCC. The van der Waals surface area contributed by atoms with Crippen LogP contribution in [0.15, 0.2) is 152 Å². The fraction of sp³-hybridized carbons (Fsp3) is 0.527. The van der Waals surface area contributed by atoms with Gasteiger partial charge in [0.25, 0.3) is 0 Å². The Hall–Kier alpha value is -6.99. The second kappa shape index (κ2) is 39.3. The Bertz CT molecular complexity index is 2920. The molecule has 0 radical (unpaired) electrons. The first kappa shape index (κ1) is 84.1. The van der Waals surface area contributed by atoms with Crippen LogP contribution in [0.2, 0.25) is 0 Å². The van der Waals surface area contributed by atoms with Crippen molar-refractivity contribution in [3.63, 3.8) is 0 Å². The predicted molar refractivity (Wildman–Crippen MR) is 364 cm³/mol. The number of benzene rings is 5. The van der Waals surface area contributed by atoms with Crippen molar-refractivity contribution in [2.24, 2.45) is 0 Å². The zero-order chi connectivity index (χ0) is 71.9. The van der Waals surface area contributed by atoms with Crippen molar-refractivity contribution in [3.05, 3.63) is 179 Å². The molecular weight excluding hydrogens is 1220 g/mol. The summed E-state index contributed by atoms with van der Waals surface area (Å²) < 4.78 is 42.9. The van der Waals surface area contributed by atoms with Crippen molar-refractivity contribution in [1.82, 2.24) is 20.3 Å². The largest absolute Gasteiger partial charge is 0.465 e. The molecule has 5 aromatic carbocycles. The number of carbonyl (C=O) groups is 5. The highest BCUT2D eigenvalue weighted by molar-refractivity contribution is 5.89. The Balaban J connectivity index is 0.000000447. The summed E-state index contributed by atoms with van der Waals surface area (Å²) in [6.07, 6.45) is 0.685. The fourth-order valence-electron chi connectivity index (χ4n) is 9.82. The second-order valence-electron chi connectivity index (χ2n) is 27.2. The molecule has 0 amide bonds. The molecule has 21 heteroatoms. The van der Waals surface area contributed by atoms with Gasteiger partial charge in [-0.05, 0) is 158 Å². The van der Waals surface area contributed by atoms with Gasteiger partial charge in [0.05, 0.1) is 89.5 Å². The monoisotopic (exact) mass is 1330 g/mol. The molecule has 528 valence electrons. The molecule has 1 atom stereocenters. The van der Waals surface area contributed by atoms with Crippen molar-refractivity contribution in [1.29, 1.82) is 0 Å². The van der Waals surface area contributed by atoms with Gasteiger partial charge in [-0.25, -0.2) is 14.4 Å². The molecule has 0 spiro atoms. The molecule has 0 heterocycles. The highest BCUT2D eigenvalue weighted by Gasteiger charge is 2.46. The van der Waals surface area contributed by atoms with Crippen LogP contribution in [-0.2, 0) is 71.0 Å². The maximum Gasteiger partial charge on any atom is 0.338 e. The van der Waals surface area contributed by atoms with Gasteiger partial charge in [-0.2, -0.15) is 20.3 Å². The number of hydrogen-bond acceptors (Lipinski definition) is 21. The molecule has 0 aliphatic carbocycles. The van der Waals surface area contributed by atoms with Crippen LogP contribution in [0, 0.1) is 0 Å². The number of carbonyl (C=O) groups excluding carboxylic acids is 5. The van der Waals surface area contributed by atoms with Crippen molar-refractivity contribution in [3.8, 4) is 0 Å². The van der Waals surface area contributed by atoms with Gasteiger partial charge in [0, 0.05) is 20.5 Å². The molecule has 0 aromatic heterocycles. The predicted octanol–water partition coefficient (Wildman–Crippen LogP) is 13.3. The van der Waals surface area contributed by atoms with Crippen LogP contribution in [-0.4, -0.2) is 169 Å². The normalized spacial score (nSPS) is 12.8. The van der Waals surface area contributed by atoms with Crippen LogP contribution in [0.1, 0.15) is 175 Å². The minimum atomic E-state index is -1.10. The molecule has 0 bridgehead atoms. The van der Waals surface area contributed by atoms with Crippen LogP contribution in [0.5, 0.6) is 0 Å². The van der Waals surface area contributed by atoms with Crippen molar-refractivity contribution in [2.45, 2.75) is 195 Å². The fourth-order valence-corrected chi connectivity index (χ4v) is 9.82. The zero-order valence-corrected chi connectivity index (χ0v) is 59.8. The van der Waals surface area contributed by atoms with E-state index in [-0.39, 0.29) is 26.4 Å². The third-order valence-electron chi connectivity index (χ3n) is 15.1. The molecule has 0 saturated carbocycles. The second-order valence-corrected chi connectivity index (χ2v) is 27.2. The molecule has 95 heavy (non-hydrogen) atoms. The van der Waals surface area contributed by atoms with Crippen molar-refractivity contribution >= 4 is 29.8 Å². The molecule has 4 N–H and O–H groups in total. The number of rotatable bonds is 33. The van der Waals surface area contributed by atoms with Crippen molar-refractivity contribution in [2.75, 3.05) is 59.5 Å². The van der Waals surface area contributed by atoms with E-state index in [4.69, 9.17) is 37.9 Å². The maximum absolute atomic E-state index is 12.1. The summed E-state index contributed by atoms with van der Waals surface area (Å²) in [7, 11) is 0. The summed E-state index contributed by atoms with van der Waals surface area (Å²) >= 11 is 0. The standard InChI is InChI=1S/C28H35NO3.C22H27NO5.C12H23NO5.C12H25NO4/c1-4-28(26-18-12-7-13-19-26,23-32-21-25-16-10-6-11-17-25)29(30)27(2,3)22-31-20-24-14-8-5-9-15-24;1-21(2,15-27-19(24)17-11-7-5-8-12-17)23(26)22(3,4)16-28-20(25)18-13-9-6-10-14-18;1-9(14)17-7-11(3,4)13(16)12(5,6)8-18-10(2)15;1-7-16-9-11(3,4)13(15)12(5,6)10(14)17-8-2/h5-19,30H,4,20-23H2,1-3H3;5-14,26H,15-16H2,1-4H3;16H,7-8H2,1-6H3;15H,7-9H2,1-6H3. The topological polar surface area (TPSA) is 253 Å². The Morgan fingerprint density at radius 2 is 0.653 bits per heavy atom. The van der Waals surface area contributed by atoms with E-state index in [1.54, 1.807) is 125 Å². The number of nitrogens with zero attached hydrogens (tertiary/aromatic N) is 4. The first-order chi connectivity index (χ1) is 44.3. The highest BCUT2D eigenvalue weighted by Crippen LogP contribution is 2.37. The average molecular weight is 1330 g/mol. The molecule has 0 saturated heterocycles. The minimum absolute atomic E-state index is 0.0344. The molecule has 0 aliphatic rings. The summed E-state index contributed by atoms with van der Waals surface area (Å²) in [5.74, 6) is -2.19. The average Bonchev–Trinajstić information content (AvgIpc) is 0.783. The van der Waals surface area contributed by atoms with E-state index in [1.807, 2.05) is 126 Å². The lowest BCUT2D eigenvalue weighted by Gasteiger charge is -2.47. The lowest BCUT2D eigenvalue weighted by Crippen LogP contribution is -2.59. The third-order valence-corrected chi connectivity index (χ3v) is 15.1. The highest BCUT2D eigenvalue weighted by atomic mass is 16.6. The van der Waals surface area contributed by atoms with Gasteiger partial charge in [0.1, 0.15) is 32.0 Å². The van der Waals surface area contributed by atoms with Gasteiger partial charge >= 0.3 is 29.8 Å². The number of hydroxylamine groups is 8. The summed E-state index contributed by atoms with van der Waals surface area (Å²) in [5, 5.41) is 47.3. The molecule has 21 nitrogen and oxygen atoms in total. The van der Waals surface area contributed by atoms with Crippen molar-refractivity contribution < 1.29 is 82.7 Å². The first-order valence-corrected chi connectivity index (χ1v) is 32.0. The van der Waals surface area contributed by atoms with Gasteiger partial charge in [-0.1, -0.05) is 134 Å². The molecule has 1 unspecified atom stereocenters. The quantitative estimate of drug-likeness (QED) is 0.0173. The van der Waals surface area contributed by atoms with E-state index in [9.17, 15) is 44.8 Å². The molecule has 0 fully saturated rings. The van der Waals surface area contributed by atoms with Crippen LogP contribution in [0.25, 0.3) is 0 Å². The third kappa shape index (κ3) is 27.9. The van der Waals surface area contributed by atoms with E-state index < -0.39 is 74.2 Å². The summed E-state index contributed by atoms with van der Waals surface area (Å²) in [5.41, 5.74) is -2.31.